The lowest BCUT2D eigenvalue weighted by Crippen LogP contribution is -2.07. The summed E-state index contributed by atoms with van der Waals surface area (Å²) in [6.07, 6.45) is 2.29. The number of benzene rings is 1. The van der Waals surface area contributed by atoms with Crippen LogP contribution in [-0.2, 0) is 11.2 Å². The second kappa shape index (κ2) is 6.95. The number of methoxy groups -OCH3 is 1. The van der Waals surface area contributed by atoms with Crippen molar-refractivity contribution in [2.45, 2.75) is 47.0 Å². The SMILES string of the molecule is COc1c(C)cc(Cl)c(C)c1CCCC(=O)C(C)C. The Labute approximate surface area is 121 Å². The highest BCUT2D eigenvalue weighted by molar-refractivity contribution is 6.31. The van der Waals surface area contributed by atoms with Gasteiger partial charge in [-0.3, -0.25) is 4.79 Å². The van der Waals surface area contributed by atoms with Crippen LogP contribution in [0.5, 0.6) is 5.75 Å². The molecule has 0 aliphatic carbocycles. The van der Waals surface area contributed by atoms with Gasteiger partial charge in [-0.2, -0.15) is 0 Å². The Hall–Kier alpha value is -1.02. The molecule has 0 aliphatic heterocycles. The Balaban J connectivity index is 2.85. The minimum atomic E-state index is 0.115. The summed E-state index contributed by atoms with van der Waals surface area (Å²) in [5.74, 6) is 1.33. The smallest absolute Gasteiger partial charge is 0.135 e. The Morgan fingerprint density at radius 2 is 2.00 bits per heavy atom. The van der Waals surface area contributed by atoms with Crippen molar-refractivity contribution in [2.24, 2.45) is 5.92 Å². The van der Waals surface area contributed by atoms with Gasteiger partial charge in [-0.15, -0.1) is 0 Å². The minimum absolute atomic E-state index is 0.115. The Kier molecular flexibility index (Phi) is 5.86. The van der Waals surface area contributed by atoms with E-state index in [1.807, 2.05) is 33.8 Å². The van der Waals surface area contributed by atoms with E-state index >= 15 is 0 Å². The second-order valence-electron chi connectivity index (χ2n) is 5.29. The molecule has 0 N–H and O–H groups in total. The summed E-state index contributed by atoms with van der Waals surface area (Å²) in [7, 11) is 1.68. The lowest BCUT2D eigenvalue weighted by Gasteiger charge is -2.16. The molecule has 0 heterocycles. The summed E-state index contributed by atoms with van der Waals surface area (Å²) >= 11 is 6.22. The monoisotopic (exact) mass is 282 g/mol. The number of aryl methyl sites for hydroxylation is 1. The third-order valence-electron chi connectivity index (χ3n) is 3.48. The van der Waals surface area contributed by atoms with Gasteiger partial charge in [0.05, 0.1) is 7.11 Å². The predicted molar refractivity (Wildman–Crippen MR) is 80.3 cm³/mol. The number of ketones is 1. The molecule has 0 aliphatic rings. The number of rotatable bonds is 6. The van der Waals surface area contributed by atoms with E-state index in [2.05, 4.69) is 0 Å². The number of hydrogen-bond donors (Lipinski definition) is 0. The molecular formula is C16H23ClO2. The Morgan fingerprint density at radius 1 is 1.37 bits per heavy atom. The van der Waals surface area contributed by atoms with Crippen LogP contribution < -0.4 is 4.74 Å². The highest BCUT2D eigenvalue weighted by atomic mass is 35.5. The van der Waals surface area contributed by atoms with Crippen LogP contribution in [0.2, 0.25) is 5.02 Å². The fraction of sp³-hybridized carbons (Fsp3) is 0.562. The van der Waals surface area contributed by atoms with Gasteiger partial charge in [0.2, 0.25) is 0 Å². The average Bonchev–Trinajstić information content (AvgIpc) is 2.35. The third kappa shape index (κ3) is 3.97. The summed E-state index contributed by atoms with van der Waals surface area (Å²) in [5.41, 5.74) is 3.23. The van der Waals surface area contributed by atoms with E-state index in [0.717, 1.165) is 40.3 Å². The van der Waals surface area contributed by atoms with Crippen molar-refractivity contribution < 1.29 is 9.53 Å². The molecular weight excluding hydrogens is 260 g/mol. The van der Waals surface area contributed by atoms with Gasteiger partial charge in [0.15, 0.2) is 0 Å². The molecule has 0 aromatic heterocycles. The zero-order valence-corrected chi connectivity index (χ0v) is 13.2. The normalized spacial score (nSPS) is 10.9. The van der Waals surface area contributed by atoms with Gasteiger partial charge in [0.25, 0.3) is 0 Å². The van der Waals surface area contributed by atoms with Crippen molar-refractivity contribution in [2.75, 3.05) is 7.11 Å². The molecule has 1 aromatic carbocycles. The summed E-state index contributed by atoms with van der Waals surface area (Å²) in [4.78, 5) is 11.6. The summed E-state index contributed by atoms with van der Waals surface area (Å²) < 4.78 is 5.47. The van der Waals surface area contributed by atoms with E-state index in [0.29, 0.717) is 12.2 Å². The lowest BCUT2D eigenvalue weighted by atomic mass is 9.96. The van der Waals surface area contributed by atoms with Crippen LogP contribution in [-0.4, -0.2) is 12.9 Å². The van der Waals surface area contributed by atoms with Crippen LogP contribution in [0.1, 0.15) is 43.4 Å². The average molecular weight is 283 g/mol. The van der Waals surface area contributed by atoms with Crippen molar-refractivity contribution in [1.29, 1.82) is 0 Å². The van der Waals surface area contributed by atoms with Crippen LogP contribution in [0.4, 0.5) is 0 Å². The molecule has 0 bridgehead atoms. The molecule has 2 nitrogen and oxygen atoms in total. The van der Waals surface area contributed by atoms with Gasteiger partial charge in [-0.1, -0.05) is 25.4 Å². The van der Waals surface area contributed by atoms with Crippen LogP contribution in [0.15, 0.2) is 6.07 Å². The summed E-state index contributed by atoms with van der Waals surface area (Å²) in [6.45, 7) is 7.88. The largest absolute Gasteiger partial charge is 0.496 e. The van der Waals surface area contributed by atoms with Gasteiger partial charge in [0.1, 0.15) is 11.5 Å². The first-order valence-electron chi connectivity index (χ1n) is 6.73. The van der Waals surface area contributed by atoms with E-state index in [4.69, 9.17) is 16.3 Å². The van der Waals surface area contributed by atoms with Crippen LogP contribution >= 0.6 is 11.6 Å². The maximum atomic E-state index is 11.6. The van der Waals surface area contributed by atoms with Gasteiger partial charge in [-0.05, 0) is 49.4 Å². The summed E-state index contributed by atoms with van der Waals surface area (Å²) in [5, 5.41) is 0.767. The first kappa shape index (κ1) is 16.0. The minimum Gasteiger partial charge on any atom is -0.496 e. The van der Waals surface area contributed by atoms with E-state index in [9.17, 15) is 4.79 Å². The van der Waals surface area contributed by atoms with Crippen molar-refractivity contribution >= 4 is 17.4 Å². The van der Waals surface area contributed by atoms with Gasteiger partial charge in [-0.25, -0.2) is 0 Å². The molecule has 0 atom stereocenters. The highest BCUT2D eigenvalue weighted by Gasteiger charge is 2.14. The molecule has 0 saturated heterocycles. The number of carbonyl (C=O) groups excluding carboxylic acids is 1. The molecule has 0 spiro atoms. The quantitative estimate of drug-likeness (QED) is 0.767. The van der Waals surface area contributed by atoms with Crippen molar-refractivity contribution in [3.8, 4) is 5.75 Å². The molecule has 3 heteroatoms. The van der Waals surface area contributed by atoms with E-state index in [1.165, 1.54) is 0 Å². The standard InChI is InChI=1S/C16H23ClO2/c1-10(2)15(18)8-6-7-13-12(4)14(17)9-11(3)16(13)19-5/h9-10H,6-8H2,1-5H3. The van der Waals surface area contributed by atoms with Crippen LogP contribution in [0, 0.1) is 19.8 Å². The summed E-state index contributed by atoms with van der Waals surface area (Å²) in [6, 6.07) is 1.93. The molecule has 0 unspecified atom stereocenters. The molecule has 106 valence electrons. The Morgan fingerprint density at radius 3 is 2.53 bits per heavy atom. The molecule has 0 radical (unpaired) electrons. The van der Waals surface area contributed by atoms with E-state index in [-0.39, 0.29) is 5.92 Å². The van der Waals surface area contributed by atoms with Crippen molar-refractivity contribution in [3.63, 3.8) is 0 Å². The molecule has 19 heavy (non-hydrogen) atoms. The predicted octanol–water partition coefficient (Wildman–Crippen LogP) is 4.51. The maximum absolute atomic E-state index is 11.6. The van der Waals surface area contributed by atoms with Crippen LogP contribution in [0.25, 0.3) is 0 Å². The number of halogens is 1. The fourth-order valence-electron chi connectivity index (χ4n) is 2.23. The molecule has 1 rings (SSSR count). The topological polar surface area (TPSA) is 26.3 Å². The zero-order valence-electron chi connectivity index (χ0n) is 12.5. The first-order valence-corrected chi connectivity index (χ1v) is 7.11. The number of ether oxygens (including phenoxy) is 1. The number of Topliss-reactive ketones (excluding diaryl/α,β-unsaturated/α-hetero) is 1. The lowest BCUT2D eigenvalue weighted by molar-refractivity contribution is -0.121. The van der Waals surface area contributed by atoms with E-state index < -0.39 is 0 Å². The molecule has 0 amide bonds. The third-order valence-corrected chi connectivity index (χ3v) is 3.88. The molecule has 0 saturated carbocycles. The van der Waals surface area contributed by atoms with Crippen molar-refractivity contribution in [1.82, 2.24) is 0 Å². The van der Waals surface area contributed by atoms with Gasteiger partial charge in [0, 0.05) is 17.4 Å². The number of carbonyl (C=O) groups is 1. The van der Waals surface area contributed by atoms with Gasteiger partial charge >= 0.3 is 0 Å². The first-order chi connectivity index (χ1) is 8.88. The maximum Gasteiger partial charge on any atom is 0.135 e. The van der Waals surface area contributed by atoms with Gasteiger partial charge < -0.3 is 4.74 Å². The molecule has 0 fully saturated rings. The zero-order chi connectivity index (χ0) is 14.6. The fourth-order valence-corrected chi connectivity index (χ4v) is 2.51. The second-order valence-corrected chi connectivity index (χ2v) is 5.69. The number of hydrogen-bond acceptors (Lipinski definition) is 2. The van der Waals surface area contributed by atoms with Crippen molar-refractivity contribution in [3.05, 3.63) is 27.8 Å². The van der Waals surface area contributed by atoms with Crippen LogP contribution in [0.3, 0.4) is 0 Å². The van der Waals surface area contributed by atoms with E-state index in [1.54, 1.807) is 7.11 Å². The molecule has 1 aromatic rings. The highest BCUT2D eigenvalue weighted by Crippen LogP contribution is 2.33. The Bertz CT molecular complexity index is 464.